The molecule has 3 rings (SSSR count). The van der Waals surface area contributed by atoms with E-state index in [-0.39, 0.29) is 17.6 Å². The predicted octanol–water partition coefficient (Wildman–Crippen LogP) is 1.57. The van der Waals surface area contributed by atoms with Crippen molar-refractivity contribution in [2.24, 2.45) is 0 Å². The fourth-order valence-electron chi connectivity index (χ4n) is 2.12. The molecule has 0 saturated heterocycles. The lowest BCUT2D eigenvalue weighted by Gasteiger charge is -2.24. The van der Waals surface area contributed by atoms with Crippen LogP contribution >= 0.6 is 0 Å². The summed E-state index contributed by atoms with van der Waals surface area (Å²) < 4.78 is 0. The minimum atomic E-state index is -0.196. The van der Waals surface area contributed by atoms with Gasteiger partial charge in [-0.05, 0) is 24.6 Å². The molecular weight excluding hydrogens is 232 g/mol. The van der Waals surface area contributed by atoms with Crippen LogP contribution in [-0.4, -0.2) is 16.2 Å². The number of benzene rings is 1. The normalized spacial score (nSPS) is 17.8. The number of nitrogens with one attached hydrogen (secondary N) is 4. The van der Waals surface area contributed by atoms with E-state index in [1.165, 1.54) is 6.07 Å². The Bertz CT molecular complexity index is 671. The van der Waals surface area contributed by atoms with Gasteiger partial charge in [-0.1, -0.05) is 6.07 Å². The number of carbonyl (C=O) groups excluding carboxylic acids is 1. The summed E-state index contributed by atoms with van der Waals surface area (Å²) >= 11 is 0. The highest BCUT2D eigenvalue weighted by Crippen LogP contribution is 2.30. The molecule has 0 saturated carbocycles. The third kappa shape index (κ3) is 1.67. The topological polar surface area (TPSA) is 89.8 Å². The maximum absolute atomic E-state index is 11.3. The number of hydrogen-bond acceptors (Lipinski definition) is 2. The Balaban J connectivity index is 2.08. The first-order chi connectivity index (χ1) is 8.63. The van der Waals surface area contributed by atoms with Gasteiger partial charge in [0.2, 0.25) is 0 Å². The van der Waals surface area contributed by atoms with Crippen LogP contribution in [0.2, 0.25) is 0 Å². The molecule has 2 aromatic rings. The highest BCUT2D eigenvalue weighted by Gasteiger charge is 2.20. The van der Waals surface area contributed by atoms with E-state index >= 15 is 0 Å². The van der Waals surface area contributed by atoms with Crippen molar-refractivity contribution in [3.63, 3.8) is 0 Å². The summed E-state index contributed by atoms with van der Waals surface area (Å²) in [7, 11) is 0. The van der Waals surface area contributed by atoms with Crippen molar-refractivity contribution in [2.75, 3.05) is 5.32 Å². The van der Waals surface area contributed by atoms with Gasteiger partial charge < -0.3 is 10.6 Å². The molecule has 1 atom stereocenters. The van der Waals surface area contributed by atoms with E-state index in [1.54, 1.807) is 0 Å². The molecule has 2 amide bonds. The van der Waals surface area contributed by atoms with Crippen LogP contribution in [0, 0.1) is 0 Å². The van der Waals surface area contributed by atoms with Crippen LogP contribution in [0.15, 0.2) is 29.1 Å². The smallest absolute Gasteiger partial charge is 0.319 e. The van der Waals surface area contributed by atoms with Crippen molar-refractivity contribution in [3.8, 4) is 11.3 Å². The Morgan fingerprint density at radius 2 is 1.94 bits per heavy atom. The molecular formula is C12H12N4O2. The van der Waals surface area contributed by atoms with Gasteiger partial charge in [0.25, 0.3) is 5.56 Å². The Kier molecular flexibility index (Phi) is 2.22. The largest absolute Gasteiger partial charge is 0.331 e. The first kappa shape index (κ1) is 10.6. The van der Waals surface area contributed by atoms with E-state index in [1.807, 2.05) is 25.1 Å². The van der Waals surface area contributed by atoms with Crippen molar-refractivity contribution in [2.45, 2.75) is 13.0 Å². The van der Waals surface area contributed by atoms with E-state index in [0.29, 0.717) is 0 Å². The zero-order chi connectivity index (χ0) is 12.7. The van der Waals surface area contributed by atoms with Crippen LogP contribution in [0.25, 0.3) is 11.3 Å². The third-order valence-electron chi connectivity index (χ3n) is 3.02. The van der Waals surface area contributed by atoms with Crippen LogP contribution in [0.3, 0.4) is 0 Å². The Labute approximate surface area is 102 Å². The molecule has 92 valence electrons. The summed E-state index contributed by atoms with van der Waals surface area (Å²) in [5.41, 5.74) is 3.26. The van der Waals surface area contributed by atoms with Gasteiger partial charge in [-0.2, -0.15) is 0 Å². The van der Waals surface area contributed by atoms with Gasteiger partial charge in [-0.3, -0.25) is 15.0 Å². The summed E-state index contributed by atoms with van der Waals surface area (Å²) in [6.45, 7) is 1.92. The molecule has 2 heterocycles. The highest BCUT2D eigenvalue weighted by molar-refractivity contribution is 5.93. The number of carbonyl (C=O) groups is 1. The second-order valence-electron chi connectivity index (χ2n) is 4.29. The average molecular weight is 244 g/mol. The standard InChI is InChI=1S/C12H12N4O2/c1-6-8-4-7(10-5-11(17)16-15-10)2-3-9(8)14-12(18)13-6/h2-6H,1H3,(H2,13,14,18)(H2,15,16,17). The van der Waals surface area contributed by atoms with E-state index in [2.05, 4.69) is 20.8 Å². The summed E-state index contributed by atoms with van der Waals surface area (Å²) in [6.07, 6.45) is 0. The maximum atomic E-state index is 11.3. The van der Waals surface area contributed by atoms with Crippen molar-refractivity contribution >= 4 is 11.7 Å². The molecule has 1 unspecified atom stereocenters. The van der Waals surface area contributed by atoms with Gasteiger partial charge >= 0.3 is 6.03 Å². The van der Waals surface area contributed by atoms with Crippen LogP contribution in [0.4, 0.5) is 10.5 Å². The van der Waals surface area contributed by atoms with Gasteiger partial charge in [0.1, 0.15) is 0 Å². The monoisotopic (exact) mass is 244 g/mol. The van der Waals surface area contributed by atoms with E-state index in [9.17, 15) is 9.59 Å². The summed E-state index contributed by atoms with van der Waals surface area (Å²) in [4.78, 5) is 22.4. The fraction of sp³-hybridized carbons (Fsp3) is 0.167. The maximum Gasteiger partial charge on any atom is 0.319 e. The molecule has 0 aliphatic carbocycles. The average Bonchev–Trinajstić information content (AvgIpc) is 2.75. The third-order valence-corrected chi connectivity index (χ3v) is 3.02. The highest BCUT2D eigenvalue weighted by atomic mass is 16.2. The number of urea groups is 1. The van der Waals surface area contributed by atoms with Crippen LogP contribution in [-0.2, 0) is 0 Å². The van der Waals surface area contributed by atoms with E-state index < -0.39 is 0 Å². The summed E-state index contributed by atoms with van der Waals surface area (Å²) in [5.74, 6) is 0. The summed E-state index contributed by atoms with van der Waals surface area (Å²) in [5, 5.41) is 10.8. The van der Waals surface area contributed by atoms with Crippen LogP contribution in [0.1, 0.15) is 18.5 Å². The molecule has 1 aromatic heterocycles. The zero-order valence-electron chi connectivity index (χ0n) is 9.70. The quantitative estimate of drug-likeness (QED) is 0.613. The second-order valence-corrected chi connectivity index (χ2v) is 4.29. The number of amides is 2. The Morgan fingerprint density at radius 3 is 2.67 bits per heavy atom. The van der Waals surface area contributed by atoms with Crippen LogP contribution < -0.4 is 16.2 Å². The molecule has 0 spiro atoms. The molecule has 4 N–H and O–H groups in total. The number of aromatic nitrogens is 2. The first-order valence-electron chi connectivity index (χ1n) is 5.63. The zero-order valence-corrected chi connectivity index (χ0v) is 9.70. The van der Waals surface area contributed by atoms with Crippen LogP contribution in [0.5, 0.6) is 0 Å². The molecule has 1 aliphatic heterocycles. The van der Waals surface area contributed by atoms with Crippen molar-refractivity contribution in [3.05, 3.63) is 40.2 Å². The number of anilines is 1. The Morgan fingerprint density at radius 1 is 1.11 bits per heavy atom. The molecule has 18 heavy (non-hydrogen) atoms. The first-order valence-corrected chi connectivity index (χ1v) is 5.63. The molecule has 0 fully saturated rings. The molecule has 6 nitrogen and oxygen atoms in total. The van der Waals surface area contributed by atoms with Crippen molar-refractivity contribution in [1.82, 2.24) is 15.5 Å². The second kappa shape index (κ2) is 3.76. The summed E-state index contributed by atoms with van der Waals surface area (Å²) in [6, 6.07) is 6.89. The number of aromatic amines is 2. The minimum Gasteiger partial charge on any atom is -0.331 e. The lowest BCUT2D eigenvalue weighted by molar-refractivity contribution is 0.248. The molecule has 1 aromatic carbocycles. The molecule has 0 radical (unpaired) electrons. The fourth-order valence-corrected chi connectivity index (χ4v) is 2.12. The Hall–Kier alpha value is -2.50. The molecule has 6 heteroatoms. The lowest BCUT2D eigenvalue weighted by atomic mass is 10.00. The number of rotatable bonds is 1. The number of fused-ring (bicyclic) bond motifs is 1. The van der Waals surface area contributed by atoms with E-state index in [4.69, 9.17) is 0 Å². The SMILES string of the molecule is CC1NC(=O)Nc2ccc(-c3cc(=O)[nH][nH]3)cc21. The number of H-pyrrole nitrogens is 2. The van der Waals surface area contributed by atoms with E-state index in [0.717, 1.165) is 22.5 Å². The van der Waals surface area contributed by atoms with Gasteiger partial charge in [0.15, 0.2) is 0 Å². The van der Waals surface area contributed by atoms with Crippen molar-refractivity contribution < 1.29 is 4.79 Å². The van der Waals surface area contributed by atoms with Gasteiger partial charge in [0, 0.05) is 17.3 Å². The van der Waals surface area contributed by atoms with Gasteiger partial charge in [-0.25, -0.2) is 4.79 Å². The van der Waals surface area contributed by atoms with Gasteiger partial charge in [0.05, 0.1) is 11.7 Å². The predicted molar refractivity (Wildman–Crippen MR) is 67.4 cm³/mol. The minimum absolute atomic E-state index is 0.0561. The van der Waals surface area contributed by atoms with Crippen molar-refractivity contribution in [1.29, 1.82) is 0 Å². The molecule has 1 aliphatic rings. The van der Waals surface area contributed by atoms with Gasteiger partial charge in [-0.15, -0.1) is 0 Å². The number of hydrogen-bond donors (Lipinski definition) is 4. The lowest BCUT2D eigenvalue weighted by Crippen LogP contribution is -2.36. The molecule has 0 bridgehead atoms.